The highest BCUT2D eigenvalue weighted by molar-refractivity contribution is 6.39. The summed E-state index contributed by atoms with van der Waals surface area (Å²) < 4.78 is 0. The van der Waals surface area contributed by atoms with Crippen molar-refractivity contribution in [3.8, 4) is 0 Å². The molecular weight excluding hydrogens is 426 g/mol. The molecule has 2 aromatic rings. The highest BCUT2D eigenvalue weighted by Gasteiger charge is 2.39. The Morgan fingerprint density at radius 3 is 2.44 bits per heavy atom. The van der Waals surface area contributed by atoms with Crippen LogP contribution in [0.1, 0.15) is 67.9 Å². The van der Waals surface area contributed by atoms with E-state index in [9.17, 15) is 14.4 Å². The first-order valence-corrected chi connectivity index (χ1v) is 11.9. The summed E-state index contributed by atoms with van der Waals surface area (Å²) in [7, 11) is 0. The zero-order valence-electron chi connectivity index (χ0n) is 21.1. The van der Waals surface area contributed by atoms with Crippen LogP contribution < -0.4 is 15.1 Å². The van der Waals surface area contributed by atoms with Gasteiger partial charge in [-0.2, -0.15) is 0 Å². The number of nitrogens with one attached hydrogen (secondary N) is 1. The van der Waals surface area contributed by atoms with Gasteiger partial charge in [0.2, 0.25) is 0 Å². The van der Waals surface area contributed by atoms with E-state index in [0.717, 1.165) is 40.1 Å². The van der Waals surface area contributed by atoms with Crippen LogP contribution >= 0.6 is 0 Å². The average Bonchev–Trinajstić information content (AvgIpc) is 2.74. The van der Waals surface area contributed by atoms with Gasteiger partial charge in [-0.3, -0.25) is 14.9 Å². The van der Waals surface area contributed by atoms with Gasteiger partial charge in [-0.15, -0.1) is 0 Å². The average molecular weight is 460 g/mol. The maximum Gasteiger partial charge on any atom is 0.335 e. The number of barbiturate groups is 1. The van der Waals surface area contributed by atoms with Crippen LogP contribution in [0.15, 0.2) is 35.9 Å². The molecule has 6 nitrogen and oxygen atoms in total. The smallest absolute Gasteiger partial charge is 0.335 e. The molecule has 2 heterocycles. The summed E-state index contributed by atoms with van der Waals surface area (Å²) in [5.74, 6) is -0.934. The molecule has 178 valence electrons. The summed E-state index contributed by atoms with van der Waals surface area (Å²) >= 11 is 0. The monoisotopic (exact) mass is 459 g/mol. The molecule has 0 aliphatic carbocycles. The second kappa shape index (κ2) is 8.42. The number of hydrogen-bond donors (Lipinski definition) is 1. The van der Waals surface area contributed by atoms with Gasteiger partial charge in [-0.25, -0.2) is 9.69 Å². The quantitative estimate of drug-likeness (QED) is 0.494. The Morgan fingerprint density at radius 1 is 1.06 bits per heavy atom. The molecule has 6 heteroatoms. The number of anilines is 2. The number of nitrogens with zero attached hydrogens (tertiary/aromatic N) is 2. The third kappa shape index (κ3) is 3.81. The first-order valence-electron chi connectivity index (χ1n) is 11.9. The van der Waals surface area contributed by atoms with Gasteiger partial charge in [0.15, 0.2) is 0 Å². The Kier molecular flexibility index (Phi) is 5.88. The molecule has 0 spiro atoms. The first kappa shape index (κ1) is 23.7. The number of carbonyl (C=O) groups is 3. The molecule has 1 fully saturated rings. The lowest BCUT2D eigenvalue weighted by Gasteiger charge is -2.47. The second-order valence-corrected chi connectivity index (χ2v) is 10.1. The van der Waals surface area contributed by atoms with E-state index in [1.807, 2.05) is 26.8 Å². The van der Waals surface area contributed by atoms with Gasteiger partial charge in [0.1, 0.15) is 5.57 Å². The lowest BCUT2D eigenvalue weighted by molar-refractivity contribution is -0.122. The predicted octanol–water partition coefficient (Wildman–Crippen LogP) is 5.39. The molecule has 4 amide bonds. The van der Waals surface area contributed by atoms with Gasteiger partial charge in [0.25, 0.3) is 11.8 Å². The second-order valence-electron chi connectivity index (χ2n) is 10.1. The normalized spacial score (nSPS) is 21.1. The molecule has 4 rings (SSSR count). The molecule has 1 atom stereocenters. The Balaban J connectivity index is 1.80. The number of fused-ring (bicyclic) bond motifs is 1. The van der Waals surface area contributed by atoms with Crippen LogP contribution in [0.3, 0.4) is 0 Å². The molecular formula is C28H33N3O3. The van der Waals surface area contributed by atoms with E-state index < -0.39 is 17.8 Å². The minimum absolute atomic E-state index is 0.0419. The number of imide groups is 2. The van der Waals surface area contributed by atoms with Gasteiger partial charge in [0.05, 0.1) is 5.69 Å². The molecule has 0 radical (unpaired) electrons. The first-order chi connectivity index (χ1) is 16.0. The Bertz CT molecular complexity index is 1240. The van der Waals surface area contributed by atoms with Crippen molar-refractivity contribution in [1.82, 2.24) is 5.32 Å². The Hall–Kier alpha value is -3.41. The van der Waals surface area contributed by atoms with E-state index in [1.165, 1.54) is 11.3 Å². The third-order valence-corrected chi connectivity index (χ3v) is 7.31. The van der Waals surface area contributed by atoms with Crippen molar-refractivity contribution in [2.24, 2.45) is 0 Å². The molecule has 2 aliphatic rings. The van der Waals surface area contributed by atoms with Crippen molar-refractivity contribution in [3.63, 3.8) is 0 Å². The lowest BCUT2D eigenvalue weighted by Crippen LogP contribution is -2.54. The van der Waals surface area contributed by atoms with Crippen LogP contribution in [0, 0.1) is 20.8 Å². The summed E-state index contributed by atoms with van der Waals surface area (Å²) in [6.07, 6.45) is 2.64. The van der Waals surface area contributed by atoms with Gasteiger partial charge in [0, 0.05) is 17.8 Å². The van der Waals surface area contributed by atoms with Crippen LogP contribution in [-0.4, -0.2) is 29.9 Å². The molecule has 1 N–H and O–H groups in total. The zero-order valence-corrected chi connectivity index (χ0v) is 21.1. The summed E-state index contributed by atoms with van der Waals surface area (Å²) in [5, 5.41) is 2.34. The largest absolute Gasteiger partial charge is 0.366 e. The maximum atomic E-state index is 13.4. The minimum atomic E-state index is -0.725. The van der Waals surface area contributed by atoms with Crippen LogP contribution in [0.25, 0.3) is 6.08 Å². The van der Waals surface area contributed by atoms with Crippen LogP contribution in [0.2, 0.25) is 0 Å². The van der Waals surface area contributed by atoms with E-state index in [4.69, 9.17) is 0 Å². The van der Waals surface area contributed by atoms with Gasteiger partial charge in [-0.05, 0) is 106 Å². The molecule has 0 aromatic heterocycles. The predicted molar refractivity (Wildman–Crippen MR) is 136 cm³/mol. The number of rotatable bonds is 3. The molecule has 0 bridgehead atoms. The zero-order chi connectivity index (χ0) is 24.9. The number of hydrogen-bond acceptors (Lipinski definition) is 4. The Labute approximate surface area is 201 Å². The Morgan fingerprint density at radius 2 is 1.76 bits per heavy atom. The van der Waals surface area contributed by atoms with E-state index in [-0.39, 0.29) is 11.1 Å². The standard InChI is InChI=1S/C28H33N3O3/c1-8-30-24-12-17(3)20(13-21(24)18(4)15-28(30,6)7)14-22-25(32)29-27(34)31(26(22)33)23-11-9-10-16(2)19(23)5/h9-14,18H,8,15H2,1-7H3,(H,29,32,34)/b22-14+. The van der Waals surface area contributed by atoms with Crippen LogP contribution in [0.4, 0.5) is 16.2 Å². The number of carbonyl (C=O) groups excluding carboxylic acids is 3. The molecule has 2 aromatic carbocycles. The molecule has 1 unspecified atom stereocenters. The molecule has 34 heavy (non-hydrogen) atoms. The van der Waals surface area contributed by atoms with Crippen LogP contribution in [-0.2, 0) is 9.59 Å². The van der Waals surface area contributed by atoms with Crippen LogP contribution in [0.5, 0.6) is 0 Å². The fourth-order valence-electron chi connectivity index (χ4n) is 5.41. The summed E-state index contributed by atoms with van der Waals surface area (Å²) in [5.41, 5.74) is 6.49. The van der Waals surface area contributed by atoms with E-state index in [1.54, 1.807) is 18.2 Å². The highest BCUT2D eigenvalue weighted by atomic mass is 16.2. The molecule has 1 saturated heterocycles. The van der Waals surface area contributed by atoms with Gasteiger partial charge in [-0.1, -0.05) is 19.1 Å². The third-order valence-electron chi connectivity index (χ3n) is 7.31. The number of aryl methyl sites for hydroxylation is 2. The molecule has 0 saturated carbocycles. The van der Waals surface area contributed by atoms with E-state index in [0.29, 0.717) is 11.6 Å². The topological polar surface area (TPSA) is 69.7 Å². The minimum Gasteiger partial charge on any atom is -0.366 e. The van der Waals surface area contributed by atoms with E-state index in [2.05, 4.69) is 50.0 Å². The number of amides is 4. The maximum absolute atomic E-state index is 13.4. The van der Waals surface area contributed by atoms with Crippen molar-refractivity contribution < 1.29 is 14.4 Å². The SMILES string of the molecule is CCN1c2cc(C)c(/C=C3\C(=O)NC(=O)N(c4cccc(C)c4C)C3=O)cc2C(C)CC1(C)C. The van der Waals surface area contributed by atoms with Gasteiger partial charge >= 0.3 is 6.03 Å². The van der Waals surface area contributed by atoms with Crippen molar-refractivity contribution in [1.29, 1.82) is 0 Å². The summed E-state index contributed by atoms with van der Waals surface area (Å²) in [4.78, 5) is 42.3. The van der Waals surface area contributed by atoms with Crippen molar-refractivity contribution >= 4 is 35.3 Å². The van der Waals surface area contributed by atoms with Gasteiger partial charge < -0.3 is 4.90 Å². The van der Waals surface area contributed by atoms with E-state index >= 15 is 0 Å². The fourth-order valence-corrected chi connectivity index (χ4v) is 5.41. The number of urea groups is 1. The fraction of sp³-hybridized carbons (Fsp3) is 0.393. The summed E-state index contributed by atoms with van der Waals surface area (Å²) in [6, 6.07) is 8.97. The number of benzene rings is 2. The van der Waals surface area contributed by atoms with Crippen molar-refractivity contribution in [3.05, 3.63) is 63.7 Å². The molecule has 2 aliphatic heterocycles. The highest BCUT2D eigenvalue weighted by Crippen LogP contribution is 2.44. The van der Waals surface area contributed by atoms with Crippen molar-refractivity contribution in [2.75, 3.05) is 16.3 Å². The summed E-state index contributed by atoms with van der Waals surface area (Å²) in [6.45, 7) is 15.6. The lowest BCUT2D eigenvalue weighted by atomic mass is 9.79. The van der Waals surface area contributed by atoms with Crippen molar-refractivity contribution in [2.45, 2.75) is 66.3 Å².